The first-order valence-electron chi connectivity index (χ1n) is 14.3. The first kappa shape index (κ1) is 26.8. The summed E-state index contributed by atoms with van der Waals surface area (Å²) in [7, 11) is 2.05. The Morgan fingerprint density at radius 2 is 1.80 bits per heavy atom. The van der Waals surface area contributed by atoms with Crippen LogP contribution in [-0.2, 0) is 6.42 Å². The number of hydrogen-bond donors (Lipinski definition) is 0. The molecule has 5 heterocycles. The molecule has 0 bridgehead atoms. The molecule has 0 saturated carbocycles. The van der Waals surface area contributed by atoms with Gasteiger partial charge in [-0.2, -0.15) is 0 Å². The second kappa shape index (κ2) is 11.2. The minimum absolute atomic E-state index is 0.242. The molecule has 0 N–H and O–H groups in total. The van der Waals surface area contributed by atoms with Gasteiger partial charge >= 0.3 is 0 Å². The largest absolute Gasteiger partial charge is 0.374 e. The van der Waals surface area contributed by atoms with Gasteiger partial charge in [0.15, 0.2) is 5.13 Å². The molecule has 2 saturated heterocycles. The first-order valence-corrected chi connectivity index (χ1v) is 15.2. The van der Waals surface area contributed by atoms with Crippen molar-refractivity contribution >= 4 is 33.6 Å². The molecule has 2 aliphatic rings. The SMILES string of the molecule is C=C(CN1CCN(c2ccc3nc(CC)c(N(C)c4nc(-c5ccc(F)cc5)cs4)n3c2)CC1)N1CC(CC)C1. The number of anilines is 3. The van der Waals surface area contributed by atoms with Crippen LogP contribution in [0.1, 0.15) is 26.0 Å². The Kier molecular flexibility index (Phi) is 7.51. The number of fused-ring (bicyclic) bond motifs is 1. The lowest BCUT2D eigenvalue weighted by Gasteiger charge is -2.44. The van der Waals surface area contributed by atoms with E-state index in [1.165, 1.54) is 43.0 Å². The minimum Gasteiger partial charge on any atom is -0.374 e. The molecule has 1 aromatic carbocycles. The number of hydrogen-bond acceptors (Lipinski definition) is 7. The summed E-state index contributed by atoms with van der Waals surface area (Å²) >= 11 is 1.58. The van der Waals surface area contributed by atoms with Gasteiger partial charge < -0.3 is 14.7 Å². The zero-order valence-corrected chi connectivity index (χ0v) is 24.5. The van der Waals surface area contributed by atoms with E-state index in [1.807, 2.05) is 5.38 Å². The average molecular weight is 560 g/mol. The van der Waals surface area contributed by atoms with Crippen LogP contribution < -0.4 is 9.80 Å². The summed E-state index contributed by atoms with van der Waals surface area (Å²) in [6.45, 7) is 16.1. The summed E-state index contributed by atoms with van der Waals surface area (Å²) in [5, 5.41) is 2.90. The van der Waals surface area contributed by atoms with Gasteiger partial charge in [-0.15, -0.1) is 11.3 Å². The molecule has 0 radical (unpaired) electrons. The van der Waals surface area contributed by atoms with Gasteiger partial charge in [0.2, 0.25) is 0 Å². The van der Waals surface area contributed by atoms with E-state index in [0.717, 1.165) is 78.6 Å². The van der Waals surface area contributed by atoms with E-state index in [-0.39, 0.29) is 5.82 Å². The minimum atomic E-state index is -0.242. The molecule has 2 aliphatic heterocycles. The average Bonchev–Trinajstić information content (AvgIpc) is 3.58. The highest BCUT2D eigenvalue weighted by atomic mass is 32.1. The summed E-state index contributed by atoms with van der Waals surface area (Å²) in [6.07, 6.45) is 4.31. The van der Waals surface area contributed by atoms with Crippen LogP contribution in [0.5, 0.6) is 0 Å². The molecule has 0 amide bonds. The fraction of sp³-hybridized carbons (Fsp3) is 0.419. The Morgan fingerprint density at radius 3 is 2.50 bits per heavy atom. The van der Waals surface area contributed by atoms with Crippen molar-refractivity contribution in [3.8, 4) is 11.3 Å². The van der Waals surface area contributed by atoms with Gasteiger partial charge in [0.25, 0.3) is 0 Å². The highest BCUT2D eigenvalue weighted by molar-refractivity contribution is 7.14. The van der Waals surface area contributed by atoms with E-state index < -0.39 is 0 Å². The van der Waals surface area contributed by atoms with Gasteiger partial charge in [-0.05, 0) is 55.2 Å². The zero-order valence-electron chi connectivity index (χ0n) is 23.7. The molecule has 0 aliphatic carbocycles. The first-order chi connectivity index (χ1) is 19.4. The number of rotatable bonds is 9. The second-order valence-electron chi connectivity index (χ2n) is 10.9. The summed E-state index contributed by atoms with van der Waals surface area (Å²) < 4.78 is 15.6. The predicted octanol–water partition coefficient (Wildman–Crippen LogP) is 5.90. The Bertz CT molecular complexity index is 1480. The van der Waals surface area contributed by atoms with E-state index >= 15 is 0 Å². The summed E-state index contributed by atoms with van der Waals surface area (Å²) in [5.74, 6) is 1.64. The lowest BCUT2D eigenvalue weighted by Crippen LogP contribution is -2.51. The fourth-order valence-corrected chi connectivity index (χ4v) is 6.52. The number of aromatic nitrogens is 3. The topological polar surface area (TPSA) is 43.1 Å². The van der Waals surface area contributed by atoms with Crippen LogP contribution in [0.2, 0.25) is 0 Å². The smallest absolute Gasteiger partial charge is 0.191 e. The van der Waals surface area contributed by atoms with E-state index in [2.05, 4.69) is 69.8 Å². The number of likely N-dealkylation sites (tertiary alicyclic amines) is 1. The predicted molar refractivity (Wildman–Crippen MR) is 163 cm³/mol. The van der Waals surface area contributed by atoms with Crippen LogP contribution in [0.15, 0.2) is 60.3 Å². The number of pyridine rings is 1. The van der Waals surface area contributed by atoms with E-state index in [4.69, 9.17) is 9.97 Å². The molecule has 0 spiro atoms. The van der Waals surface area contributed by atoms with Gasteiger partial charge in [-0.25, -0.2) is 14.4 Å². The van der Waals surface area contributed by atoms with Crippen molar-refractivity contribution in [2.24, 2.45) is 5.92 Å². The third-order valence-electron chi connectivity index (χ3n) is 8.34. The Morgan fingerprint density at radius 1 is 1.05 bits per heavy atom. The van der Waals surface area contributed by atoms with Crippen LogP contribution in [0, 0.1) is 11.7 Å². The number of imidazole rings is 1. The van der Waals surface area contributed by atoms with Crippen LogP contribution in [-0.4, -0.2) is 77.0 Å². The number of nitrogens with zero attached hydrogens (tertiary/aromatic N) is 7. The summed E-state index contributed by atoms with van der Waals surface area (Å²) in [4.78, 5) is 19.4. The molecule has 9 heteroatoms. The van der Waals surface area contributed by atoms with Crippen molar-refractivity contribution in [1.82, 2.24) is 24.2 Å². The van der Waals surface area contributed by atoms with Crippen LogP contribution in [0.25, 0.3) is 16.9 Å². The molecule has 0 unspecified atom stereocenters. The second-order valence-corrected chi connectivity index (χ2v) is 11.8. The molecule has 2 fully saturated rings. The van der Waals surface area contributed by atoms with Gasteiger partial charge in [-0.3, -0.25) is 9.30 Å². The maximum atomic E-state index is 13.4. The molecule has 210 valence electrons. The molecular weight excluding hydrogens is 521 g/mol. The lowest BCUT2D eigenvalue weighted by atomic mass is 9.97. The molecule has 40 heavy (non-hydrogen) atoms. The molecule has 7 nitrogen and oxygen atoms in total. The Balaban J connectivity index is 1.17. The van der Waals surface area contributed by atoms with Crippen molar-refractivity contribution in [2.45, 2.75) is 26.7 Å². The van der Waals surface area contributed by atoms with E-state index in [0.29, 0.717) is 0 Å². The number of halogens is 1. The normalized spacial score (nSPS) is 16.5. The molecule has 0 atom stereocenters. The van der Waals surface area contributed by atoms with Crippen LogP contribution in [0.3, 0.4) is 0 Å². The third kappa shape index (κ3) is 5.20. The summed E-state index contributed by atoms with van der Waals surface area (Å²) in [5.41, 5.74) is 6.21. The Labute approximate surface area is 240 Å². The molecular formula is C31H38FN7S. The zero-order chi connectivity index (χ0) is 27.8. The van der Waals surface area contributed by atoms with Crippen molar-refractivity contribution in [3.63, 3.8) is 0 Å². The van der Waals surface area contributed by atoms with Gasteiger partial charge in [0.05, 0.1) is 17.1 Å². The number of piperazine rings is 1. The molecule has 6 rings (SSSR count). The summed E-state index contributed by atoms with van der Waals surface area (Å²) in [6, 6.07) is 10.8. The molecule has 3 aromatic heterocycles. The van der Waals surface area contributed by atoms with Crippen molar-refractivity contribution in [1.29, 1.82) is 0 Å². The van der Waals surface area contributed by atoms with Crippen LogP contribution in [0.4, 0.5) is 21.0 Å². The van der Waals surface area contributed by atoms with Gasteiger partial charge in [0, 0.05) is 75.7 Å². The monoisotopic (exact) mass is 559 g/mol. The van der Waals surface area contributed by atoms with E-state index in [9.17, 15) is 4.39 Å². The Hall–Kier alpha value is -3.43. The number of benzene rings is 1. The van der Waals surface area contributed by atoms with Crippen molar-refractivity contribution < 1.29 is 4.39 Å². The van der Waals surface area contributed by atoms with Crippen LogP contribution >= 0.6 is 11.3 Å². The number of aryl methyl sites for hydroxylation is 1. The number of thiazole rings is 1. The van der Waals surface area contributed by atoms with E-state index in [1.54, 1.807) is 23.5 Å². The fourth-order valence-electron chi connectivity index (χ4n) is 5.72. The third-order valence-corrected chi connectivity index (χ3v) is 9.26. The maximum absolute atomic E-state index is 13.4. The van der Waals surface area contributed by atoms with Gasteiger partial charge in [-0.1, -0.05) is 20.4 Å². The maximum Gasteiger partial charge on any atom is 0.191 e. The molecule has 4 aromatic rings. The standard InChI is InChI=1S/C31H38FN7S/c1-5-23-18-38(19-23)22(3)17-36-13-15-37(16-14-36)26-11-12-29-33-27(6-2)30(39(29)20-26)35(4)31-34-28(21-40-31)24-7-9-25(32)10-8-24/h7-12,20-21,23H,3,5-6,13-19H2,1-2,4H3. The highest BCUT2D eigenvalue weighted by Gasteiger charge is 2.28. The van der Waals surface area contributed by atoms with Crippen molar-refractivity contribution in [3.05, 3.63) is 71.8 Å². The quantitative estimate of drug-likeness (QED) is 0.254. The lowest BCUT2D eigenvalue weighted by molar-refractivity contribution is 0.123. The van der Waals surface area contributed by atoms with Gasteiger partial charge in [0.1, 0.15) is 17.3 Å². The van der Waals surface area contributed by atoms with Crippen molar-refractivity contribution in [2.75, 3.05) is 62.7 Å². The highest BCUT2D eigenvalue weighted by Crippen LogP contribution is 2.34.